The van der Waals surface area contributed by atoms with E-state index < -0.39 is 8.32 Å². The van der Waals surface area contributed by atoms with E-state index in [1.807, 2.05) is 7.11 Å². The topological polar surface area (TPSA) is 9.23 Å². The smallest absolute Gasteiger partial charge is 0.201 e. The Kier molecular flexibility index (Phi) is 5.15. The fraction of sp³-hybridized carbons (Fsp3) is 1.00. The lowest BCUT2D eigenvalue weighted by atomic mass is 10.9. The molecule has 0 amide bonds. The minimum absolute atomic E-state index is 1.20. The van der Waals surface area contributed by atoms with E-state index in [1.165, 1.54) is 16.1 Å². The monoisotopic (exact) mass is 258 g/mol. The number of alkyl halides is 1. The molecule has 0 radical (unpaired) electrons. The van der Waals surface area contributed by atoms with E-state index in [2.05, 4.69) is 36.4 Å². The van der Waals surface area contributed by atoms with Gasteiger partial charge >= 0.3 is 0 Å². The maximum absolute atomic E-state index is 5.52. The van der Waals surface area contributed by atoms with Crippen LogP contribution in [0.15, 0.2) is 0 Å². The Balaban J connectivity index is 3.82. The molecule has 0 aliphatic rings. The molecular formula is C6H15IOSi. The molecule has 0 unspecified atom stereocenters. The van der Waals surface area contributed by atoms with Gasteiger partial charge in [0.15, 0.2) is 0 Å². The van der Waals surface area contributed by atoms with Crippen molar-refractivity contribution in [2.24, 2.45) is 0 Å². The predicted octanol–water partition coefficient (Wildman–Crippen LogP) is 2.59. The van der Waals surface area contributed by atoms with Gasteiger partial charge in [0.1, 0.15) is 0 Å². The second-order valence-corrected chi connectivity index (χ2v) is 8.97. The molecule has 56 valence electrons. The van der Waals surface area contributed by atoms with Crippen LogP contribution in [0.1, 0.15) is 13.8 Å². The Morgan fingerprint density at radius 3 is 1.78 bits per heavy atom. The molecule has 0 atom stereocenters. The van der Waals surface area contributed by atoms with E-state index in [1.54, 1.807) is 0 Å². The van der Waals surface area contributed by atoms with Crippen LogP contribution in [0.25, 0.3) is 0 Å². The van der Waals surface area contributed by atoms with Gasteiger partial charge in [0.05, 0.1) is 0 Å². The van der Waals surface area contributed by atoms with Crippen LogP contribution in [0, 0.1) is 0 Å². The van der Waals surface area contributed by atoms with Crippen molar-refractivity contribution in [2.45, 2.75) is 25.9 Å². The third-order valence-corrected chi connectivity index (χ3v) is 10.1. The van der Waals surface area contributed by atoms with Gasteiger partial charge in [-0.2, -0.15) is 0 Å². The summed E-state index contributed by atoms with van der Waals surface area (Å²) in [5.74, 6) is 0. The number of rotatable bonds is 4. The lowest BCUT2D eigenvalue weighted by Gasteiger charge is -2.23. The highest BCUT2D eigenvalue weighted by atomic mass is 127. The fourth-order valence-corrected chi connectivity index (χ4v) is 6.52. The van der Waals surface area contributed by atoms with Gasteiger partial charge in [-0.25, -0.2) is 0 Å². The van der Waals surface area contributed by atoms with Gasteiger partial charge in [0.25, 0.3) is 0 Å². The van der Waals surface area contributed by atoms with Crippen LogP contribution >= 0.6 is 22.6 Å². The highest BCUT2D eigenvalue weighted by Gasteiger charge is 2.27. The first kappa shape index (κ1) is 9.91. The zero-order valence-corrected chi connectivity index (χ0v) is 9.57. The van der Waals surface area contributed by atoms with Crippen molar-refractivity contribution in [3.05, 3.63) is 0 Å². The van der Waals surface area contributed by atoms with Gasteiger partial charge < -0.3 is 4.43 Å². The maximum Gasteiger partial charge on any atom is 0.201 e. The van der Waals surface area contributed by atoms with Crippen LogP contribution < -0.4 is 0 Å². The van der Waals surface area contributed by atoms with Gasteiger partial charge in [0.2, 0.25) is 8.32 Å². The average molecular weight is 258 g/mol. The number of halogens is 1. The molecule has 0 aliphatic heterocycles. The third kappa shape index (κ3) is 2.55. The van der Waals surface area contributed by atoms with Gasteiger partial charge in [0, 0.05) is 11.2 Å². The van der Waals surface area contributed by atoms with Crippen LogP contribution in [0.4, 0.5) is 0 Å². The molecule has 0 N–H and O–H groups in total. The zero-order chi connectivity index (χ0) is 7.33. The van der Waals surface area contributed by atoms with Crippen LogP contribution in [0.5, 0.6) is 0 Å². The average Bonchev–Trinajstić information content (AvgIpc) is 1.95. The molecule has 3 heteroatoms. The summed E-state index contributed by atoms with van der Waals surface area (Å²) in [6.07, 6.45) is 0. The first-order chi connectivity index (χ1) is 4.24. The first-order valence-corrected chi connectivity index (χ1v) is 7.41. The molecular weight excluding hydrogens is 243 g/mol. The predicted molar refractivity (Wildman–Crippen MR) is 52.6 cm³/mol. The summed E-state index contributed by atoms with van der Waals surface area (Å²) >= 11 is 2.44. The van der Waals surface area contributed by atoms with E-state index in [0.717, 1.165) is 0 Å². The summed E-state index contributed by atoms with van der Waals surface area (Å²) in [7, 11) is 0.654. The second kappa shape index (κ2) is 4.68. The minimum atomic E-state index is -1.20. The molecule has 0 spiro atoms. The Hall–Kier alpha value is 0.907. The summed E-state index contributed by atoms with van der Waals surface area (Å²) in [4.78, 5) is 0. The molecule has 1 nitrogen and oxygen atoms in total. The molecule has 0 saturated heterocycles. The van der Waals surface area contributed by atoms with Crippen LogP contribution in [-0.2, 0) is 4.43 Å². The van der Waals surface area contributed by atoms with Crippen LogP contribution in [0.2, 0.25) is 12.1 Å². The van der Waals surface area contributed by atoms with Crippen molar-refractivity contribution < 1.29 is 4.43 Å². The SMILES string of the molecule is CC[Si](CC)(CI)OC. The molecule has 0 aromatic heterocycles. The molecule has 0 aromatic rings. The highest BCUT2D eigenvalue weighted by Crippen LogP contribution is 2.17. The molecule has 9 heavy (non-hydrogen) atoms. The second-order valence-electron chi connectivity index (χ2n) is 2.23. The molecule has 0 heterocycles. The summed E-state index contributed by atoms with van der Waals surface area (Å²) in [5, 5.41) is 0. The number of hydrogen-bond donors (Lipinski definition) is 0. The lowest BCUT2D eigenvalue weighted by Crippen LogP contribution is -2.37. The first-order valence-electron chi connectivity index (χ1n) is 3.35. The fourth-order valence-electron chi connectivity index (χ4n) is 0.782. The molecule has 0 rings (SSSR count). The zero-order valence-electron chi connectivity index (χ0n) is 6.41. The Bertz CT molecular complexity index is 55.9. The van der Waals surface area contributed by atoms with Crippen molar-refractivity contribution in [2.75, 3.05) is 11.2 Å². The van der Waals surface area contributed by atoms with Crippen LogP contribution in [-0.4, -0.2) is 19.5 Å². The lowest BCUT2D eigenvalue weighted by molar-refractivity contribution is 0.399. The van der Waals surface area contributed by atoms with Crippen molar-refractivity contribution >= 4 is 30.9 Å². The molecule has 0 fully saturated rings. The van der Waals surface area contributed by atoms with Crippen molar-refractivity contribution in [3.63, 3.8) is 0 Å². The van der Waals surface area contributed by atoms with Crippen molar-refractivity contribution in [3.8, 4) is 0 Å². The molecule has 0 saturated carbocycles. The Morgan fingerprint density at radius 2 is 1.78 bits per heavy atom. The highest BCUT2D eigenvalue weighted by molar-refractivity contribution is 14.1. The van der Waals surface area contributed by atoms with Crippen molar-refractivity contribution in [1.29, 1.82) is 0 Å². The molecule has 0 aliphatic carbocycles. The number of hydrogen-bond acceptors (Lipinski definition) is 1. The Morgan fingerprint density at radius 1 is 1.33 bits per heavy atom. The standard InChI is InChI=1S/C6H15IOSi/c1-4-9(5-2,6-7)8-3/h4-6H2,1-3H3. The van der Waals surface area contributed by atoms with E-state index in [9.17, 15) is 0 Å². The third-order valence-electron chi connectivity index (χ3n) is 1.97. The largest absolute Gasteiger partial charge is 0.419 e. The van der Waals surface area contributed by atoms with E-state index in [0.29, 0.717) is 0 Å². The van der Waals surface area contributed by atoms with Gasteiger partial charge in [-0.3, -0.25) is 0 Å². The minimum Gasteiger partial charge on any atom is -0.419 e. The Labute approximate surface area is 72.4 Å². The molecule has 0 bridgehead atoms. The summed E-state index contributed by atoms with van der Waals surface area (Å²) in [6, 6.07) is 2.51. The van der Waals surface area contributed by atoms with E-state index in [-0.39, 0.29) is 0 Å². The maximum atomic E-state index is 5.52. The summed E-state index contributed by atoms with van der Waals surface area (Å²) in [6.45, 7) is 4.47. The summed E-state index contributed by atoms with van der Waals surface area (Å²) in [5.41, 5.74) is 0. The van der Waals surface area contributed by atoms with Gasteiger partial charge in [-0.1, -0.05) is 36.4 Å². The quantitative estimate of drug-likeness (QED) is 0.428. The normalized spacial score (nSPS) is 12.0. The van der Waals surface area contributed by atoms with Gasteiger partial charge in [-0.15, -0.1) is 0 Å². The van der Waals surface area contributed by atoms with Crippen LogP contribution in [0.3, 0.4) is 0 Å². The molecule has 0 aromatic carbocycles. The van der Waals surface area contributed by atoms with Crippen molar-refractivity contribution in [1.82, 2.24) is 0 Å². The van der Waals surface area contributed by atoms with E-state index in [4.69, 9.17) is 4.43 Å². The van der Waals surface area contributed by atoms with Gasteiger partial charge in [-0.05, 0) is 12.1 Å². The summed E-state index contributed by atoms with van der Waals surface area (Å²) < 4.78 is 6.75. The van der Waals surface area contributed by atoms with E-state index >= 15 is 0 Å².